The lowest BCUT2D eigenvalue weighted by Crippen LogP contribution is -2.20. The second kappa shape index (κ2) is 8.68. The van der Waals surface area contributed by atoms with E-state index in [4.69, 9.17) is 42.0 Å². The molecule has 2 rings (SSSR count). The number of aromatic amines is 2. The average Bonchev–Trinajstić information content (AvgIpc) is 2.22. The first-order valence-electron chi connectivity index (χ1n) is 5.40. The van der Waals surface area contributed by atoms with E-state index in [-0.39, 0.29) is 17.8 Å². The van der Waals surface area contributed by atoms with Crippen molar-refractivity contribution in [3.8, 4) is 0 Å². The van der Waals surface area contributed by atoms with Crippen LogP contribution in [0.15, 0.2) is 0 Å². The molecule has 128 valence electrons. The molecule has 0 atom stereocenters. The Labute approximate surface area is 135 Å². The van der Waals surface area contributed by atoms with Crippen LogP contribution in [-0.4, -0.2) is 33.3 Å². The van der Waals surface area contributed by atoms with Gasteiger partial charge >= 0.3 is 29.7 Å². The lowest BCUT2D eigenvalue weighted by molar-refractivity contribution is -0.351. The Morgan fingerprint density at radius 3 is 1.35 bits per heavy atom. The summed E-state index contributed by atoms with van der Waals surface area (Å²) >= 11 is 3.24. The lowest BCUT2D eigenvalue weighted by Gasteiger charge is -2.12. The molecule has 0 bridgehead atoms. The molecule has 23 heavy (non-hydrogen) atoms. The van der Waals surface area contributed by atoms with Crippen LogP contribution in [0.2, 0.25) is 0 Å². The molecule has 0 amide bonds. The van der Waals surface area contributed by atoms with E-state index >= 15 is 0 Å². The Morgan fingerprint density at radius 2 is 1.13 bits per heavy atom. The van der Waals surface area contributed by atoms with Gasteiger partial charge in [-0.25, -0.2) is 9.97 Å². The highest BCUT2D eigenvalue weighted by atomic mass is 32.9. The summed E-state index contributed by atoms with van der Waals surface area (Å²) in [7, 11) is -4.33. The van der Waals surface area contributed by atoms with Gasteiger partial charge in [0.15, 0.2) is 0 Å². The van der Waals surface area contributed by atoms with Crippen molar-refractivity contribution in [3.63, 3.8) is 0 Å². The highest BCUT2D eigenvalue weighted by Gasteiger charge is 2.01. The van der Waals surface area contributed by atoms with Crippen LogP contribution in [0.1, 0.15) is 5.82 Å². The van der Waals surface area contributed by atoms with Crippen LogP contribution in [0.5, 0.6) is 0 Å². The van der Waals surface area contributed by atoms with Gasteiger partial charge in [0.05, 0.1) is 0 Å². The van der Waals surface area contributed by atoms with Gasteiger partial charge in [0.1, 0.15) is 0 Å². The molecule has 2 heterocycles. The van der Waals surface area contributed by atoms with Crippen molar-refractivity contribution in [1.29, 1.82) is 0 Å². The van der Waals surface area contributed by atoms with Crippen LogP contribution in [0.3, 0.4) is 0 Å². The van der Waals surface area contributed by atoms with Gasteiger partial charge in [-0.1, -0.05) is 9.97 Å². The number of nitrogen functional groups attached to an aromatic ring is 5. The number of rotatable bonds is 0. The smallest absolute Gasteiger partial charge is 0.320 e. The summed E-state index contributed by atoms with van der Waals surface area (Å²) in [4.78, 5) is 19.6. The number of anilines is 5. The zero-order chi connectivity index (χ0) is 18.2. The van der Waals surface area contributed by atoms with E-state index in [9.17, 15) is 0 Å². The largest absolute Gasteiger partial charge is 0.780 e. The fourth-order valence-corrected chi connectivity index (χ4v) is 1.02. The average molecular weight is 365 g/mol. The van der Waals surface area contributed by atoms with E-state index in [0.717, 1.165) is 0 Å². The van der Waals surface area contributed by atoms with Crippen molar-refractivity contribution in [2.45, 2.75) is 6.92 Å². The number of H-pyrrole nitrogens is 2. The Hall–Kier alpha value is -2.69. The number of nitrogens with one attached hydrogen (secondary N) is 2. The van der Waals surface area contributed by atoms with Crippen LogP contribution in [0.25, 0.3) is 0 Å². The molecule has 0 aromatic carbocycles. The Morgan fingerprint density at radius 1 is 0.870 bits per heavy atom. The topological polar surface area (TPSA) is 273 Å². The molecule has 12 N–H and O–H groups in total. The van der Waals surface area contributed by atoms with Crippen molar-refractivity contribution in [1.82, 2.24) is 19.9 Å². The quantitative estimate of drug-likeness (QED) is 0.296. The van der Waals surface area contributed by atoms with Crippen molar-refractivity contribution >= 4 is 50.0 Å². The molecule has 0 aliphatic rings. The van der Waals surface area contributed by atoms with Gasteiger partial charge in [-0.3, -0.25) is 4.21 Å². The van der Waals surface area contributed by atoms with Gasteiger partial charge < -0.3 is 37.8 Å². The monoisotopic (exact) mass is 365 g/mol. The summed E-state index contributed by atoms with van der Waals surface area (Å²) in [6.07, 6.45) is 0. The molecular weight excluding hydrogens is 350 g/mol. The second-order valence-electron chi connectivity index (χ2n) is 3.55. The maximum absolute atomic E-state index is 8.89. The SMILES string of the molecule is Cc1nc(N)[nH+]c(N)n1.Nc1nc(N)[nH+]c(N)n1.O=S([O-])([O-])=S. The summed E-state index contributed by atoms with van der Waals surface area (Å²) in [5.41, 5.74) is 26.1. The molecule has 14 nitrogen and oxygen atoms in total. The molecule has 0 aliphatic carbocycles. The highest BCUT2D eigenvalue weighted by Crippen LogP contribution is 1.91. The van der Waals surface area contributed by atoms with Gasteiger partial charge in [0, 0.05) is 6.92 Å². The molecular formula is C7H15N11O3S2. The number of hydrogen-bond donors (Lipinski definition) is 5. The van der Waals surface area contributed by atoms with Crippen LogP contribution >= 0.6 is 0 Å². The minimum absolute atomic E-state index is 0.0729. The Balaban J connectivity index is 0.000000332. The number of nitrogens with zero attached hydrogens (tertiary/aromatic N) is 4. The van der Waals surface area contributed by atoms with E-state index in [2.05, 4.69) is 41.1 Å². The summed E-state index contributed by atoms with van der Waals surface area (Å²) < 4.78 is 26.7. The predicted molar refractivity (Wildman–Crippen MR) is 81.0 cm³/mol. The Kier molecular flexibility index (Phi) is 7.66. The maximum Gasteiger partial charge on any atom is 0.320 e. The van der Waals surface area contributed by atoms with E-state index in [1.54, 1.807) is 6.92 Å². The minimum atomic E-state index is -4.33. The fraction of sp³-hybridized carbons (Fsp3) is 0.143. The molecule has 16 heteroatoms. The third-order valence-corrected chi connectivity index (χ3v) is 1.55. The van der Waals surface area contributed by atoms with Crippen molar-refractivity contribution < 1.29 is 23.3 Å². The number of aromatic nitrogens is 6. The number of nitrogens with two attached hydrogens (primary N) is 5. The fourth-order valence-electron chi connectivity index (χ4n) is 1.02. The molecule has 0 aliphatic heterocycles. The molecule has 0 radical (unpaired) electrons. The molecule has 0 spiro atoms. The number of hydrogen-bond acceptors (Lipinski definition) is 13. The van der Waals surface area contributed by atoms with Gasteiger partial charge in [-0.2, -0.15) is 0 Å². The predicted octanol–water partition coefficient (Wildman–Crippen LogP) is -4.21. The van der Waals surface area contributed by atoms with Crippen LogP contribution in [-0.2, 0) is 20.2 Å². The first kappa shape index (κ1) is 20.3. The summed E-state index contributed by atoms with van der Waals surface area (Å²) in [6.45, 7) is 1.72. The van der Waals surface area contributed by atoms with Crippen LogP contribution in [0, 0.1) is 6.92 Å². The van der Waals surface area contributed by atoms with E-state index in [1.165, 1.54) is 0 Å². The zero-order valence-corrected chi connectivity index (χ0v) is 13.3. The summed E-state index contributed by atoms with van der Waals surface area (Å²) in [5, 5.41) is 0. The first-order valence-corrected chi connectivity index (χ1v) is 7.73. The van der Waals surface area contributed by atoms with E-state index in [1.807, 2.05) is 0 Å². The van der Waals surface area contributed by atoms with Gasteiger partial charge in [0.25, 0.3) is 0 Å². The first-order chi connectivity index (χ1) is 10.4. The van der Waals surface area contributed by atoms with Gasteiger partial charge in [0.2, 0.25) is 5.82 Å². The molecule has 0 saturated carbocycles. The summed E-state index contributed by atoms with van der Waals surface area (Å²) in [5.74, 6) is 1.56. The van der Waals surface area contributed by atoms with Crippen molar-refractivity contribution in [2.24, 2.45) is 0 Å². The van der Waals surface area contributed by atoms with Crippen molar-refractivity contribution in [2.75, 3.05) is 28.7 Å². The third-order valence-electron chi connectivity index (χ3n) is 1.55. The minimum Gasteiger partial charge on any atom is -0.780 e. The molecule has 0 fully saturated rings. The van der Waals surface area contributed by atoms with Gasteiger partial charge in [-0.15, -0.1) is 19.0 Å². The molecule has 2 aromatic heterocycles. The van der Waals surface area contributed by atoms with Crippen LogP contribution < -0.4 is 38.6 Å². The van der Waals surface area contributed by atoms with Crippen molar-refractivity contribution in [3.05, 3.63) is 5.82 Å². The molecule has 0 saturated heterocycles. The second-order valence-corrected chi connectivity index (χ2v) is 5.59. The normalized spacial score (nSPS) is 9.87. The zero-order valence-electron chi connectivity index (χ0n) is 11.7. The Bertz CT molecular complexity index is 595. The maximum atomic E-state index is 8.89. The molecule has 2 aromatic rings. The standard InChI is InChI=1S/C4H7N5.C3H6N6.H2O3S2/c1-2-7-3(5)9-4(6)8-2;4-1-7-2(5)9-3(6)8-1;1-5(2,3)4/h1H3,(H4,5,6,7,8,9);(H6,4,5,6,7,8,9);(H2,1,2,3,4). The molecule has 0 unspecified atom stereocenters. The van der Waals surface area contributed by atoms with Crippen LogP contribution in [0.4, 0.5) is 29.7 Å². The van der Waals surface area contributed by atoms with E-state index < -0.39 is 9.05 Å². The van der Waals surface area contributed by atoms with Gasteiger partial charge in [-0.05, 0) is 11.2 Å². The number of aryl methyl sites for hydroxylation is 1. The van der Waals surface area contributed by atoms with E-state index in [0.29, 0.717) is 17.7 Å². The summed E-state index contributed by atoms with van der Waals surface area (Å²) in [6, 6.07) is 0. The lowest BCUT2D eigenvalue weighted by atomic mass is 10.7. The third kappa shape index (κ3) is 12.7. The highest BCUT2D eigenvalue weighted by molar-refractivity contribution is 8.26.